The number of unbranched alkanes of at least 4 members (excludes halogenated alkanes) is 15. The second-order valence-electron chi connectivity index (χ2n) is 12.2. The Morgan fingerprint density at radius 1 is 0.568 bits per heavy atom. The summed E-state index contributed by atoms with van der Waals surface area (Å²) in [7, 11) is 0. The van der Waals surface area contributed by atoms with Gasteiger partial charge >= 0.3 is 0 Å². The predicted octanol–water partition coefficient (Wildman–Crippen LogP) is 8.39. The van der Waals surface area contributed by atoms with E-state index in [4.69, 9.17) is 0 Å². The minimum Gasteiger partial charge on any atom is -0.394 e. The van der Waals surface area contributed by atoms with Gasteiger partial charge in [0.15, 0.2) is 0 Å². The van der Waals surface area contributed by atoms with Crippen molar-refractivity contribution in [3.05, 3.63) is 48.6 Å². The lowest BCUT2D eigenvalue weighted by Crippen LogP contribution is -2.53. The molecule has 0 fully saturated rings. The number of aliphatic hydroxyl groups excluding tert-OH is 4. The first-order chi connectivity index (χ1) is 21.5. The molecular weight excluding hydrogens is 550 g/mol. The lowest BCUT2D eigenvalue weighted by molar-refractivity contribution is -0.132. The Morgan fingerprint density at radius 3 is 1.61 bits per heavy atom. The van der Waals surface area contributed by atoms with Crippen molar-refractivity contribution < 1.29 is 25.2 Å². The number of carbonyl (C=O) groups excluding carboxylic acids is 1. The van der Waals surface area contributed by atoms with Crippen LogP contribution in [0.2, 0.25) is 0 Å². The molecule has 0 heterocycles. The summed E-state index contributed by atoms with van der Waals surface area (Å²) in [6.07, 6.45) is 36.9. The molecule has 0 bridgehead atoms. The van der Waals surface area contributed by atoms with E-state index < -0.39 is 36.9 Å². The van der Waals surface area contributed by atoms with Gasteiger partial charge in [-0.1, -0.05) is 127 Å². The Hall–Kier alpha value is -1.73. The number of hydrogen-bond donors (Lipinski definition) is 5. The molecular formula is C38H69NO5. The summed E-state index contributed by atoms with van der Waals surface area (Å²) in [5.41, 5.74) is 0. The molecule has 0 saturated heterocycles. The summed E-state index contributed by atoms with van der Waals surface area (Å²) in [5.74, 6) is -0.614. The first kappa shape index (κ1) is 42.3. The summed E-state index contributed by atoms with van der Waals surface area (Å²) in [5, 5.41) is 43.3. The molecule has 0 aliphatic heterocycles. The van der Waals surface area contributed by atoms with Gasteiger partial charge in [0.05, 0.1) is 18.8 Å². The molecule has 0 aromatic heterocycles. The molecule has 44 heavy (non-hydrogen) atoms. The molecule has 0 aromatic rings. The van der Waals surface area contributed by atoms with Crippen LogP contribution in [0.25, 0.3) is 0 Å². The average molecular weight is 620 g/mol. The Balaban J connectivity index is 3.96. The van der Waals surface area contributed by atoms with E-state index in [0.29, 0.717) is 19.3 Å². The van der Waals surface area contributed by atoms with Gasteiger partial charge in [-0.15, -0.1) is 0 Å². The van der Waals surface area contributed by atoms with Crippen molar-refractivity contribution in [2.75, 3.05) is 6.61 Å². The highest BCUT2D eigenvalue weighted by atomic mass is 16.3. The lowest BCUT2D eigenvalue weighted by Gasteiger charge is -2.27. The van der Waals surface area contributed by atoms with Crippen molar-refractivity contribution in [1.29, 1.82) is 0 Å². The van der Waals surface area contributed by atoms with E-state index in [1.54, 1.807) is 0 Å². The minimum atomic E-state index is -1.29. The molecule has 0 aromatic carbocycles. The summed E-state index contributed by atoms with van der Waals surface area (Å²) in [6.45, 7) is 3.95. The summed E-state index contributed by atoms with van der Waals surface area (Å²) in [4.78, 5) is 12.4. The van der Waals surface area contributed by atoms with Crippen LogP contribution in [0.1, 0.15) is 155 Å². The molecule has 256 valence electrons. The van der Waals surface area contributed by atoms with Crippen LogP contribution in [-0.4, -0.2) is 57.3 Å². The molecule has 4 atom stereocenters. The zero-order valence-electron chi connectivity index (χ0n) is 28.4. The Morgan fingerprint density at radius 2 is 1.02 bits per heavy atom. The van der Waals surface area contributed by atoms with Crippen molar-refractivity contribution in [3.8, 4) is 0 Å². The molecule has 5 N–H and O–H groups in total. The quantitative estimate of drug-likeness (QED) is 0.0304. The van der Waals surface area contributed by atoms with Crippen molar-refractivity contribution >= 4 is 5.91 Å². The van der Waals surface area contributed by atoms with Gasteiger partial charge in [0.25, 0.3) is 0 Å². The first-order valence-corrected chi connectivity index (χ1v) is 18.0. The van der Waals surface area contributed by atoms with E-state index >= 15 is 0 Å². The van der Waals surface area contributed by atoms with Crippen molar-refractivity contribution in [2.45, 2.75) is 179 Å². The van der Waals surface area contributed by atoms with Gasteiger partial charge in [0, 0.05) is 0 Å². The number of rotatable bonds is 31. The van der Waals surface area contributed by atoms with Gasteiger partial charge < -0.3 is 25.7 Å². The summed E-state index contributed by atoms with van der Waals surface area (Å²) in [6, 6.07) is -1.01. The molecule has 0 spiro atoms. The molecule has 0 rings (SSSR count). The van der Waals surface area contributed by atoms with E-state index in [1.807, 2.05) is 0 Å². The van der Waals surface area contributed by atoms with Gasteiger partial charge in [-0.2, -0.15) is 0 Å². The Bertz CT molecular complexity index is 748. The topological polar surface area (TPSA) is 110 Å². The monoisotopic (exact) mass is 620 g/mol. The number of hydrogen-bond acceptors (Lipinski definition) is 5. The van der Waals surface area contributed by atoms with Crippen LogP contribution in [0.15, 0.2) is 48.6 Å². The second kappa shape index (κ2) is 32.7. The van der Waals surface area contributed by atoms with Gasteiger partial charge in [-0.05, 0) is 77.0 Å². The maximum absolute atomic E-state index is 12.4. The van der Waals surface area contributed by atoms with E-state index in [1.165, 1.54) is 51.4 Å². The molecule has 0 aliphatic carbocycles. The van der Waals surface area contributed by atoms with Crippen LogP contribution in [0, 0.1) is 0 Å². The molecule has 0 aliphatic rings. The van der Waals surface area contributed by atoms with Crippen molar-refractivity contribution in [3.63, 3.8) is 0 Å². The highest BCUT2D eigenvalue weighted by molar-refractivity contribution is 5.80. The molecule has 6 heteroatoms. The van der Waals surface area contributed by atoms with Crippen LogP contribution >= 0.6 is 0 Å². The molecule has 0 radical (unpaired) electrons. The fraction of sp³-hybridized carbons (Fsp3) is 0.763. The third-order valence-electron chi connectivity index (χ3n) is 8.02. The van der Waals surface area contributed by atoms with Crippen molar-refractivity contribution in [1.82, 2.24) is 5.32 Å². The maximum Gasteiger partial charge on any atom is 0.249 e. The SMILES string of the molecule is CCCCC/C=C\C=C/CCCCCCCC(O)C(=O)NC(CO)C(O)C(O)CCC/C=C/CC/C=C/CCCCCCC. The highest BCUT2D eigenvalue weighted by Crippen LogP contribution is 2.12. The Labute approximate surface area is 270 Å². The third kappa shape index (κ3) is 26.7. The van der Waals surface area contributed by atoms with Crippen LogP contribution in [0.5, 0.6) is 0 Å². The molecule has 1 amide bonds. The van der Waals surface area contributed by atoms with Crippen LogP contribution in [0.3, 0.4) is 0 Å². The first-order valence-electron chi connectivity index (χ1n) is 18.0. The molecule has 0 saturated carbocycles. The molecule has 4 unspecified atom stereocenters. The predicted molar refractivity (Wildman–Crippen MR) is 187 cm³/mol. The van der Waals surface area contributed by atoms with Gasteiger partial charge in [0.2, 0.25) is 5.91 Å². The largest absolute Gasteiger partial charge is 0.394 e. The number of nitrogens with one attached hydrogen (secondary N) is 1. The average Bonchev–Trinajstić information content (AvgIpc) is 3.03. The Kier molecular flexibility index (Phi) is 31.4. The standard InChI is InChI=1S/C38H69NO5/c1-3-5-7-9-11-13-15-17-19-21-23-25-27-29-31-35(41)37(43)34(33-40)39-38(44)36(42)32-30-28-26-24-22-20-18-16-14-12-10-8-6-4-2/h12,14-18,23,25,34-37,40-43H,3-11,13,19-22,24,26-33H2,1-2H3,(H,39,44)/b14-12-,17-15+,18-16-,25-23+. The van der Waals surface area contributed by atoms with Crippen LogP contribution < -0.4 is 5.32 Å². The number of amides is 1. The highest BCUT2D eigenvalue weighted by Gasteiger charge is 2.28. The van der Waals surface area contributed by atoms with Crippen LogP contribution in [0.4, 0.5) is 0 Å². The van der Waals surface area contributed by atoms with E-state index in [9.17, 15) is 25.2 Å². The fourth-order valence-corrected chi connectivity index (χ4v) is 5.05. The zero-order chi connectivity index (χ0) is 32.5. The zero-order valence-corrected chi connectivity index (χ0v) is 28.4. The van der Waals surface area contributed by atoms with E-state index in [0.717, 1.165) is 70.6 Å². The van der Waals surface area contributed by atoms with E-state index in [2.05, 4.69) is 67.8 Å². The summed E-state index contributed by atoms with van der Waals surface area (Å²) >= 11 is 0. The van der Waals surface area contributed by atoms with Gasteiger partial charge in [0.1, 0.15) is 12.2 Å². The fourth-order valence-electron chi connectivity index (χ4n) is 5.05. The molecule has 6 nitrogen and oxygen atoms in total. The number of carbonyl (C=O) groups is 1. The third-order valence-corrected chi connectivity index (χ3v) is 8.02. The van der Waals surface area contributed by atoms with E-state index in [-0.39, 0.29) is 0 Å². The van der Waals surface area contributed by atoms with Crippen molar-refractivity contribution in [2.24, 2.45) is 0 Å². The van der Waals surface area contributed by atoms with Crippen LogP contribution in [-0.2, 0) is 4.79 Å². The second-order valence-corrected chi connectivity index (χ2v) is 12.2. The van der Waals surface area contributed by atoms with Gasteiger partial charge in [-0.3, -0.25) is 4.79 Å². The number of aliphatic hydroxyl groups is 4. The lowest BCUT2D eigenvalue weighted by atomic mass is 10.00. The minimum absolute atomic E-state index is 0.340. The van der Waals surface area contributed by atoms with Gasteiger partial charge in [-0.25, -0.2) is 0 Å². The number of allylic oxidation sites excluding steroid dienone is 8. The smallest absolute Gasteiger partial charge is 0.249 e. The normalized spacial score (nSPS) is 15.1. The maximum atomic E-state index is 12.4. The summed E-state index contributed by atoms with van der Waals surface area (Å²) < 4.78 is 0.